The minimum Gasteiger partial charge on any atom is -0.309 e. The molecule has 0 aliphatic heterocycles. The largest absolute Gasteiger partial charge is 0.309 e. The third kappa shape index (κ3) is 1.90. The standard InChI is InChI=1S/C18H11BrClN/c19-13-8-4-10-15-17(13)18-14(20)9-5-11-16(18)21(15)12-6-2-1-3-7-12/h1-11H. The summed E-state index contributed by atoms with van der Waals surface area (Å²) >= 11 is 10.1. The zero-order valence-corrected chi connectivity index (χ0v) is 13.4. The topological polar surface area (TPSA) is 4.93 Å². The Bertz CT molecular complexity index is 898. The van der Waals surface area contributed by atoms with Crippen molar-refractivity contribution in [1.29, 1.82) is 0 Å². The Labute approximate surface area is 135 Å². The highest BCUT2D eigenvalue weighted by molar-refractivity contribution is 9.10. The van der Waals surface area contributed by atoms with Crippen molar-refractivity contribution in [2.24, 2.45) is 0 Å². The number of halogens is 2. The highest BCUT2D eigenvalue weighted by Crippen LogP contribution is 2.39. The first-order valence-electron chi connectivity index (χ1n) is 6.70. The van der Waals surface area contributed by atoms with Gasteiger partial charge in [0.1, 0.15) is 0 Å². The number of aromatic nitrogens is 1. The van der Waals surface area contributed by atoms with Gasteiger partial charge in [0.25, 0.3) is 0 Å². The van der Waals surface area contributed by atoms with Crippen molar-refractivity contribution in [2.75, 3.05) is 0 Å². The van der Waals surface area contributed by atoms with Crippen molar-refractivity contribution < 1.29 is 0 Å². The summed E-state index contributed by atoms with van der Waals surface area (Å²) < 4.78 is 3.31. The van der Waals surface area contributed by atoms with Crippen LogP contribution in [-0.2, 0) is 0 Å². The van der Waals surface area contributed by atoms with Crippen LogP contribution in [0.1, 0.15) is 0 Å². The molecule has 3 aromatic carbocycles. The van der Waals surface area contributed by atoms with E-state index in [-0.39, 0.29) is 0 Å². The summed E-state index contributed by atoms with van der Waals surface area (Å²) in [4.78, 5) is 0. The van der Waals surface area contributed by atoms with Crippen LogP contribution < -0.4 is 0 Å². The molecule has 0 amide bonds. The zero-order chi connectivity index (χ0) is 14.4. The molecule has 102 valence electrons. The van der Waals surface area contributed by atoms with Crippen molar-refractivity contribution in [3.05, 3.63) is 76.2 Å². The number of hydrogen-bond acceptors (Lipinski definition) is 0. The van der Waals surface area contributed by atoms with Gasteiger partial charge in [0, 0.05) is 20.9 Å². The molecule has 0 atom stereocenters. The molecule has 0 saturated carbocycles. The van der Waals surface area contributed by atoms with E-state index in [2.05, 4.69) is 69.0 Å². The average Bonchev–Trinajstić information content (AvgIpc) is 2.85. The zero-order valence-electron chi connectivity index (χ0n) is 11.1. The summed E-state index contributed by atoms with van der Waals surface area (Å²) in [6.07, 6.45) is 0. The second kappa shape index (κ2) is 4.90. The number of benzene rings is 3. The van der Waals surface area contributed by atoms with E-state index in [4.69, 9.17) is 11.6 Å². The summed E-state index contributed by atoms with van der Waals surface area (Å²) in [7, 11) is 0. The fourth-order valence-corrected chi connectivity index (χ4v) is 3.70. The van der Waals surface area contributed by atoms with E-state index in [0.717, 1.165) is 37.0 Å². The molecule has 0 saturated heterocycles. The number of para-hydroxylation sites is 1. The molecule has 1 nitrogen and oxygen atoms in total. The quantitative estimate of drug-likeness (QED) is 0.382. The maximum absolute atomic E-state index is 6.47. The highest BCUT2D eigenvalue weighted by Gasteiger charge is 2.15. The Balaban J connectivity index is 2.29. The third-order valence-corrected chi connectivity index (χ3v) is 4.71. The van der Waals surface area contributed by atoms with Gasteiger partial charge in [-0.2, -0.15) is 0 Å². The van der Waals surface area contributed by atoms with Gasteiger partial charge in [-0.25, -0.2) is 0 Å². The van der Waals surface area contributed by atoms with E-state index in [9.17, 15) is 0 Å². The molecular formula is C18H11BrClN. The second-order valence-electron chi connectivity index (χ2n) is 4.94. The first-order chi connectivity index (χ1) is 10.3. The van der Waals surface area contributed by atoms with E-state index in [1.54, 1.807) is 0 Å². The molecule has 0 spiro atoms. The molecule has 4 rings (SSSR count). The van der Waals surface area contributed by atoms with Gasteiger partial charge in [0.15, 0.2) is 0 Å². The first-order valence-corrected chi connectivity index (χ1v) is 7.87. The molecule has 0 bridgehead atoms. The summed E-state index contributed by atoms with van der Waals surface area (Å²) in [6, 6.07) is 22.6. The van der Waals surface area contributed by atoms with Crippen LogP contribution in [0.5, 0.6) is 0 Å². The Hall–Kier alpha value is -1.77. The summed E-state index contributed by atoms with van der Waals surface area (Å²) in [5, 5.41) is 3.02. The highest BCUT2D eigenvalue weighted by atomic mass is 79.9. The predicted octanol–water partition coefficient (Wildman–Crippen LogP) is 6.20. The van der Waals surface area contributed by atoms with Crippen LogP contribution in [0, 0.1) is 0 Å². The van der Waals surface area contributed by atoms with Crippen LogP contribution >= 0.6 is 27.5 Å². The van der Waals surface area contributed by atoms with Crippen molar-refractivity contribution in [1.82, 2.24) is 4.57 Å². The first kappa shape index (κ1) is 12.9. The molecule has 21 heavy (non-hydrogen) atoms. The van der Waals surface area contributed by atoms with E-state index >= 15 is 0 Å². The second-order valence-corrected chi connectivity index (χ2v) is 6.20. The van der Waals surface area contributed by atoms with Crippen LogP contribution in [0.3, 0.4) is 0 Å². The Morgan fingerprint density at radius 3 is 2.14 bits per heavy atom. The summed E-state index contributed by atoms with van der Waals surface area (Å²) in [6.45, 7) is 0. The van der Waals surface area contributed by atoms with Crippen molar-refractivity contribution in [3.63, 3.8) is 0 Å². The van der Waals surface area contributed by atoms with Crippen molar-refractivity contribution >= 4 is 49.3 Å². The molecule has 0 unspecified atom stereocenters. The minimum atomic E-state index is 0.777. The van der Waals surface area contributed by atoms with Gasteiger partial charge in [-0.1, -0.05) is 57.9 Å². The molecule has 0 radical (unpaired) electrons. The Morgan fingerprint density at radius 1 is 0.714 bits per heavy atom. The maximum Gasteiger partial charge on any atom is 0.0556 e. The smallest absolute Gasteiger partial charge is 0.0556 e. The summed E-state index contributed by atoms with van der Waals surface area (Å²) in [5.74, 6) is 0. The molecule has 0 aliphatic rings. The van der Waals surface area contributed by atoms with Crippen molar-refractivity contribution in [2.45, 2.75) is 0 Å². The van der Waals surface area contributed by atoms with Crippen LogP contribution in [0.15, 0.2) is 71.2 Å². The van der Waals surface area contributed by atoms with Crippen LogP contribution in [-0.4, -0.2) is 4.57 Å². The molecule has 3 heteroatoms. The van der Waals surface area contributed by atoms with Crippen molar-refractivity contribution in [3.8, 4) is 5.69 Å². The maximum atomic E-state index is 6.47. The van der Waals surface area contributed by atoms with Gasteiger partial charge in [0.2, 0.25) is 0 Å². The van der Waals surface area contributed by atoms with Crippen LogP contribution in [0.4, 0.5) is 0 Å². The van der Waals surface area contributed by atoms with Gasteiger partial charge < -0.3 is 4.57 Å². The lowest BCUT2D eigenvalue weighted by Gasteiger charge is -2.07. The Kier molecular flexibility index (Phi) is 3.02. The molecule has 0 fully saturated rings. The molecular weight excluding hydrogens is 346 g/mol. The lowest BCUT2D eigenvalue weighted by molar-refractivity contribution is 1.18. The van der Waals surface area contributed by atoms with E-state index in [1.807, 2.05) is 18.2 Å². The van der Waals surface area contributed by atoms with Gasteiger partial charge in [0.05, 0.1) is 16.1 Å². The van der Waals surface area contributed by atoms with Gasteiger partial charge >= 0.3 is 0 Å². The number of rotatable bonds is 1. The lowest BCUT2D eigenvalue weighted by atomic mass is 10.1. The molecule has 1 heterocycles. The summed E-state index contributed by atoms with van der Waals surface area (Å²) in [5.41, 5.74) is 3.41. The average molecular weight is 357 g/mol. The number of fused-ring (bicyclic) bond motifs is 3. The van der Waals surface area contributed by atoms with Gasteiger partial charge in [-0.15, -0.1) is 0 Å². The lowest BCUT2D eigenvalue weighted by Crippen LogP contribution is -1.92. The van der Waals surface area contributed by atoms with E-state index in [0.29, 0.717) is 0 Å². The normalized spacial score (nSPS) is 11.3. The third-order valence-electron chi connectivity index (χ3n) is 3.73. The van der Waals surface area contributed by atoms with E-state index in [1.165, 1.54) is 0 Å². The van der Waals surface area contributed by atoms with Gasteiger partial charge in [-0.05, 0) is 36.4 Å². The van der Waals surface area contributed by atoms with Gasteiger partial charge in [-0.3, -0.25) is 0 Å². The SMILES string of the molecule is Clc1cccc2c1c1c(Br)cccc1n2-c1ccccc1. The molecule has 4 aromatic rings. The molecule has 0 N–H and O–H groups in total. The van der Waals surface area contributed by atoms with Crippen LogP contribution in [0.25, 0.3) is 27.5 Å². The molecule has 0 aliphatic carbocycles. The van der Waals surface area contributed by atoms with Crippen LogP contribution in [0.2, 0.25) is 5.02 Å². The Morgan fingerprint density at radius 2 is 1.38 bits per heavy atom. The number of hydrogen-bond donors (Lipinski definition) is 0. The minimum absolute atomic E-state index is 0.777. The number of nitrogens with zero attached hydrogens (tertiary/aromatic N) is 1. The monoisotopic (exact) mass is 355 g/mol. The fraction of sp³-hybridized carbons (Fsp3) is 0. The predicted molar refractivity (Wildman–Crippen MR) is 93.5 cm³/mol. The van der Waals surface area contributed by atoms with E-state index < -0.39 is 0 Å². The molecule has 1 aromatic heterocycles. The fourth-order valence-electron chi connectivity index (χ4n) is 2.88.